The van der Waals surface area contributed by atoms with Gasteiger partial charge < -0.3 is 15.2 Å². The summed E-state index contributed by atoms with van der Waals surface area (Å²) in [7, 11) is 0. The average molecular weight is 295 g/mol. The highest BCUT2D eigenvalue weighted by molar-refractivity contribution is 7.99. The predicted molar refractivity (Wildman–Crippen MR) is 75.8 cm³/mol. The first-order chi connectivity index (χ1) is 9.24. The highest BCUT2D eigenvalue weighted by Gasteiger charge is 2.48. The Morgan fingerprint density at radius 1 is 1.35 bits per heavy atom. The second kappa shape index (κ2) is 5.01. The van der Waals surface area contributed by atoms with Gasteiger partial charge in [0.2, 0.25) is 0 Å². The number of amides is 1. The summed E-state index contributed by atoms with van der Waals surface area (Å²) in [5, 5.41) is 12.1. The Morgan fingerprint density at radius 2 is 2.00 bits per heavy atom. The van der Waals surface area contributed by atoms with Gasteiger partial charge in [-0.25, -0.2) is 9.59 Å². The largest absolute Gasteiger partial charge is 0.479 e. The molecule has 1 heterocycles. The van der Waals surface area contributed by atoms with Gasteiger partial charge in [0.1, 0.15) is 5.60 Å². The van der Waals surface area contributed by atoms with Gasteiger partial charge >= 0.3 is 12.1 Å². The summed E-state index contributed by atoms with van der Waals surface area (Å²) in [6, 6.07) is 7.18. The Labute approximate surface area is 121 Å². The van der Waals surface area contributed by atoms with E-state index in [4.69, 9.17) is 4.74 Å². The topological polar surface area (TPSA) is 75.6 Å². The summed E-state index contributed by atoms with van der Waals surface area (Å²) in [4.78, 5) is 24.5. The third-order valence-corrected chi connectivity index (χ3v) is 4.11. The van der Waals surface area contributed by atoms with Gasteiger partial charge in [0.15, 0.2) is 5.54 Å². The number of carbonyl (C=O) groups is 2. The molecule has 1 aromatic carbocycles. The second-order valence-corrected chi connectivity index (χ2v) is 6.64. The first kappa shape index (κ1) is 14.7. The molecule has 0 saturated heterocycles. The zero-order chi connectivity index (χ0) is 15.0. The maximum absolute atomic E-state index is 11.9. The first-order valence-electron chi connectivity index (χ1n) is 6.21. The van der Waals surface area contributed by atoms with Crippen LogP contribution in [0.15, 0.2) is 29.2 Å². The van der Waals surface area contributed by atoms with Gasteiger partial charge in [-0.1, -0.05) is 18.2 Å². The molecule has 20 heavy (non-hydrogen) atoms. The highest BCUT2D eigenvalue weighted by atomic mass is 32.2. The van der Waals surface area contributed by atoms with Crippen molar-refractivity contribution in [3.05, 3.63) is 29.8 Å². The molecule has 6 heteroatoms. The SMILES string of the molecule is CC(C)(C)OC(=O)NC1(C(=O)O)CSc2ccccc21. The van der Waals surface area contributed by atoms with Crippen molar-refractivity contribution in [2.24, 2.45) is 0 Å². The number of hydrogen-bond donors (Lipinski definition) is 2. The van der Waals surface area contributed by atoms with Crippen molar-refractivity contribution < 1.29 is 19.4 Å². The standard InChI is InChI=1S/C14H17NO4S/c1-13(2,3)19-12(18)15-14(11(16)17)8-20-10-7-5-4-6-9(10)14/h4-7H,8H2,1-3H3,(H,15,18)(H,16,17). The number of rotatable bonds is 2. The molecule has 0 aliphatic carbocycles. The maximum Gasteiger partial charge on any atom is 0.408 e. The van der Waals surface area contributed by atoms with Crippen LogP contribution in [-0.2, 0) is 15.1 Å². The number of fused-ring (bicyclic) bond motifs is 1. The molecule has 1 aliphatic heterocycles. The van der Waals surface area contributed by atoms with E-state index >= 15 is 0 Å². The van der Waals surface area contributed by atoms with Gasteiger partial charge in [-0.05, 0) is 26.8 Å². The molecule has 0 spiro atoms. The molecule has 5 nitrogen and oxygen atoms in total. The van der Waals surface area contributed by atoms with Crippen LogP contribution in [0.25, 0.3) is 0 Å². The zero-order valence-electron chi connectivity index (χ0n) is 11.6. The van der Waals surface area contributed by atoms with Crippen LogP contribution in [0, 0.1) is 0 Å². The molecule has 0 aromatic heterocycles. The number of carboxylic acids is 1. The molecule has 0 saturated carbocycles. The van der Waals surface area contributed by atoms with Crippen LogP contribution in [-0.4, -0.2) is 28.5 Å². The highest BCUT2D eigenvalue weighted by Crippen LogP contribution is 2.42. The molecule has 0 radical (unpaired) electrons. The molecular weight excluding hydrogens is 278 g/mol. The molecular formula is C14H17NO4S. The molecule has 0 bridgehead atoms. The van der Waals surface area contributed by atoms with Crippen LogP contribution in [0.3, 0.4) is 0 Å². The summed E-state index contributed by atoms with van der Waals surface area (Å²) >= 11 is 1.41. The number of ether oxygens (including phenoxy) is 1. The Morgan fingerprint density at radius 3 is 2.60 bits per heavy atom. The molecule has 1 unspecified atom stereocenters. The summed E-state index contributed by atoms with van der Waals surface area (Å²) in [5.41, 5.74) is -1.50. The van der Waals surface area contributed by atoms with Crippen LogP contribution in [0.4, 0.5) is 4.79 Å². The van der Waals surface area contributed by atoms with Crippen LogP contribution in [0.2, 0.25) is 0 Å². The van der Waals surface area contributed by atoms with Crippen LogP contribution in [0.1, 0.15) is 26.3 Å². The molecule has 2 N–H and O–H groups in total. The Hall–Kier alpha value is -1.69. The van der Waals surface area contributed by atoms with E-state index in [2.05, 4.69) is 5.32 Å². The van der Waals surface area contributed by atoms with Gasteiger partial charge in [-0.3, -0.25) is 0 Å². The fourth-order valence-electron chi connectivity index (χ4n) is 2.02. The minimum absolute atomic E-state index is 0.251. The summed E-state index contributed by atoms with van der Waals surface area (Å²) in [5.74, 6) is -0.832. The Bertz CT molecular complexity index is 552. The van der Waals surface area contributed by atoms with Crippen molar-refractivity contribution in [1.29, 1.82) is 0 Å². The molecule has 1 atom stereocenters. The normalized spacial score (nSPS) is 21.1. The van der Waals surface area contributed by atoms with E-state index in [1.54, 1.807) is 32.9 Å². The third-order valence-electron chi connectivity index (χ3n) is 2.87. The number of benzene rings is 1. The molecule has 108 valence electrons. The fourth-order valence-corrected chi connectivity index (χ4v) is 3.32. The van der Waals surface area contributed by atoms with E-state index in [-0.39, 0.29) is 5.75 Å². The van der Waals surface area contributed by atoms with Gasteiger partial charge in [0.05, 0.1) is 0 Å². The molecule has 1 aliphatic rings. The van der Waals surface area contributed by atoms with E-state index in [0.717, 1.165) is 4.90 Å². The predicted octanol–water partition coefficient (Wildman–Crippen LogP) is 2.60. The van der Waals surface area contributed by atoms with Crippen LogP contribution < -0.4 is 5.32 Å². The number of hydrogen-bond acceptors (Lipinski definition) is 4. The van der Waals surface area contributed by atoms with E-state index in [1.165, 1.54) is 11.8 Å². The smallest absolute Gasteiger partial charge is 0.408 e. The number of alkyl carbamates (subject to hydrolysis) is 1. The van der Waals surface area contributed by atoms with E-state index < -0.39 is 23.2 Å². The minimum Gasteiger partial charge on any atom is -0.479 e. The monoisotopic (exact) mass is 295 g/mol. The van der Waals surface area contributed by atoms with Crippen molar-refractivity contribution in [3.8, 4) is 0 Å². The van der Waals surface area contributed by atoms with Crippen LogP contribution in [0.5, 0.6) is 0 Å². The average Bonchev–Trinajstić information content (AvgIpc) is 2.67. The van der Waals surface area contributed by atoms with Gasteiger partial charge in [0.25, 0.3) is 0 Å². The van der Waals surface area contributed by atoms with E-state index in [0.29, 0.717) is 5.56 Å². The van der Waals surface area contributed by atoms with Crippen molar-refractivity contribution in [2.45, 2.75) is 36.8 Å². The quantitative estimate of drug-likeness (QED) is 0.877. The lowest BCUT2D eigenvalue weighted by atomic mass is 9.92. The number of carbonyl (C=O) groups excluding carboxylic acids is 1. The molecule has 1 amide bonds. The summed E-state index contributed by atoms with van der Waals surface area (Å²) < 4.78 is 5.17. The van der Waals surface area contributed by atoms with Gasteiger partial charge in [0, 0.05) is 16.2 Å². The minimum atomic E-state index is -1.43. The Balaban J connectivity index is 2.30. The lowest BCUT2D eigenvalue weighted by Crippen LogP contribution is -2.53. The first-order valence-corrected chi connectivity index (χ1v) is 7.20. The van der Waals surface area contributed by atoms with Crippen molar-refractivity contribution in [3.63, 3.8) is 0 Å². The van der Waals surface area contributed by atoms with E-state index in [9.17, 15) is 14.7 Å². The zero-order valence-corrected chi connectivity index (χ0v) is 12.4. The van der Waals surface area contributed by atoms with E-state index in [1.807, 2.05) is 12.1 Å². The third kappa shape index (κ3) is 2.75. The maximum atomic E-state index is 11.9. The van der Waals surface area contributed by atoms with Crippen LogP contribution >= 0.6 is 11.8 Å². The second-order valence-electron chi connectivity index (χ2n) is 5.62. The lowest BCUT2D eigenvalue weighted by molar-refractivity contribution is -0.144. The number of aliphatic carboxylic acids is 1. The van der Waals surface area contributed by atoms with Gasteiger partial charge in [-0.15, -0.1) is 11.8 Å². The number of thioether (sulfide) groups is 1. The summed E-state index contributed by atoms with van der Waals surface area (Å²) in [6.45, 7) is 5.20. The molecule has 2 rings (SSSR count). The van der Waals surface area contributed by atoms with Gasteiger partial charge in [-0.2, -0.15) is 0 Å². The molecule has 0 fully saturated rings. The lowest BCUT2D eigenvalue weighted by Gasteiger charge is -2.28. The summed E-state index contributed by atoms with van der Waals surface area (Å²) in [6.07, 6.45) is -0.725. The number of carboxylic acid groups (broad SMARTS) is 1. The number of nitrogens with one attached hydrogen (secondary N) is 1. The Kier molecular flexibility index (Phi) is 3.69. The van der Waals surface area contributed by atoms with Crippen molar-refractivity contribution in [2.75, 3.05) is 5.75 Å². The van der Waals surface area contributed by atoms with Crippen molar-refractivity contribution >= 4 is 23.8 Å². The molecule has 1 aromatic rings. The fraction of sp³-hybridized carbons (Fsp3) is 0.429. The van der Waals surface area contributed by atoms with Crippen molar-refractivity contribution in [1.82, 2.24) is 5.32 Å².